The van der Waals surface area contributed by atoms with E-state index < -0.39 is 11.2 Å². The molecule has 1 aromatic rings. The zero-order valence-corrected chi connectivity index (χ0v) is 15.5. The van der Waals surface area contributed by atoms with Crippen LogP contribution in [0.15, 0.2) is 0 Å². The topological polar surface area (TPSA) is 71.2 Å². The molecule has 4 unspecified atom stereocenters. The average molecular weight is 333 g/mol. The minimum atomic E-state index is -0.823. The van der Waals surface area contributed by atoms with Crippen molar-refractivity contribution in [1.29, 1.82) is 0 Å². The highest BCUT2D eigenvalue weighted by Crippen LogP contribution is 2.67. The molecule has 24 heavy (non-hydrogen) atoms. The van der Waals surface area contributed by atoms with Crippen LogP contribution in [0.4, 0.5) is 0 Å². The monoisotopic (exact) mass is 333 g/mol. The molecule has 0 radical (unpaired) electrons. The first-order chi connectivity index (χ1) is 11.1. The molecule has 5 rings (SSSR count). The van der Waals surface area contributed by atoms with Crippen LogP contribution < -0.4 is 0 Å². The van der Waals surface area contributed by atoms with Gasteiger partial charge in [0.1, 0.15) is 11.6 Å². The third-order valence-electron chi connectivity index (χ3n) is 6.69. The maximum atomic E-state index is 11.2. The molecule has 2 N–H and O–H groups in total. The predicted octanol–water partition coefficient (Wildman–Crippen LogP) is 2.72. The highest BCUT2D eigenvalue weighted by atomic mass is 16.3. The van der Waals surface area contributed by atoms with Gasteiger partial charge in [0.05, 0.1) is 17.7 Å². The molecule has 5 heteroatoms. The molecule has 0 aromatic carbocycles. The number of aliphatic hydroxyl groups is 2. The lowest BCUT2D eigenvalue weighted by Crippen LogP contribution is -2.62. The van der Waals surface area contributed by atoms with Crippen molar-refractivity contribution in [1.82, 2.24) is 14.8 Å². The molecule has 0 saturated heterocycles. The van der Waals surface area contributed by atoms with Crippen molar-refractivity contribution < 1.29 is 10.2 Å². The Labute approximate surface area is 144 Å². The lowest BCUT2D eigenvalue weighted by Gasteiger charge is -2.64. The van der Waals surface area contributed by atoms with E-state index in [4.69, 9.17) is 4.98 Å². The molecule has 4 aliphatic carbocycles. The number of nitrogens with zero attached hydrogens (tertiary/aromatic N) is 3. The summed E-state index contributed by atoms with van der Waals surface area (Å²) in [4.78, 5) is 4.81. The first kappa shape index (κ1) is 16.5. The van der Waals surface area contributed by atoms with Gasteiger partial charge >= 0.3 is 0 Å². The van der Waals surface area contributed by atoms with Gasteiger partial charge in [0.25, 0.3) is 0 Å². The second-order valence-corrected chi connectivity index (χ2v) is 9.82. The van der Waals surface area contributed by atoms with Crippen molar-refractivity contribution in [3.63, 3.8) is 0 Å². The van der Waals surface area contributed by atoms with Crippen LogP contribution in [-0.2, 0) is 12.0 Å². The van der Waals surface area contributed by atoms with E-state index in [9.17, 15) is 10.2 Å². The van der Waals surface area contributed by atoms with Crippen molar-refractivity contribution in [3.05, 3.63) is 11.6 Å². The van der Waals surface area contributed by atoms with E-state index in [1.165, 1.54) is 6.42 Å². The SMILES string of the molecule is CCC12CC3CC(O)(C1)CC(c1nc(C)nn1CC(C)(C)O)(C3)C2. The van der Waals surface area contributed by atoms with E-state index in [2.05, 4.69) is 12.0 Å². The van der Waals surface area contributed by atoms with Crippen molar-refractivity contribution in [3.8, 4) is 0 Å². The van der Waals surface area contributed by atoms with E-state index in [1.54, 1.807) is 0 Å². The summed E-state index contributed by atoms with van der Waals surface area (Å²) in [7, 11) is 0. The molecule has 4 bridgehead atoms. The second-order valence-electron chi connectivity index (χ2n) is 9.82. The van der Waals surface area contributed by atoms with Gasteiger partial charge in [-0.3, -0.25) is 0 Å². The van der Waals surface area contributed by atoms with Gasteiger partial charge in [0.2, 0.25) is 0 Å². The van der Waals surface area contributed by atoms with Gasteiger partial charge in [-0.15, -0.1) is 0 Å². The zero-order valence-electron chi connectivity index (χ0n) is 15.5. The molecule has 4 atom stereocenters. The van der Waals surface area contributed by atoms with Gasteiger partial charge in [-0.1, -0.05) is 13.3 Å². The fourth-order valence-electron chi connectivity index (χ4n) is 6.55. The first-order valence-electron chi connectivity index (χ1n) is 9.43. The first-order valence-corrected chi connectivity index (χ1v) is 9.43. The summed E-state index contributed by atoms with van der Waals surface area (Å²) >= 11 is 0. The Balaban J connectivity index is 1.79. The van der Waals surface area contributed by atoms with E-state index in [0.29, 0.717) is 12.5 Å². The summed E-state index contributed by atoms with van der Waals surface area (Å²) in [5.74, 6) is 2.36. The molecule has 4 saturated carbocycles. The number of hydrogen-bond donors (Lipinski definition) is 2. The van der Waals surface area contributed by atoms with Crippen molar-refractivity contribution >= 4 is 0 Å². The molecule has 4 fully saturated rings. The van der Waals surface area contributed by atoms with Gasteiger partial charge in [-0.2, -0.15) is 5.10 Å². The van der Waals surface area contributed by atoms with Crippen molar-refractivity contribution in [2.75, 3.05) is 0 Å². The van der Waals surface area contributed by atoms with Crippen LogP contribution in [0.5, 0.6) is 0 Å². The van der Waals surface area contributed by atoms with Crippen LogP contribution in [0.2, 0.25) is 0 Å². The van der Waals surface area contributed by atoms with Crippen molar-refractivity contribution in [2.45, 2.75) is 95.8 Å². The molecule has 0 spiro atoms. The van der Waals surface area contributed by atoms with Gasteiger partial charge in [-0.25, -0.2) is 9.67 Å². The van der Waals surface area contributed by atoms with Crippen LogP contribution in [0, 0.1) is 18.3 Å². The van der Waals surface area contributed by atoms with Crippen molar-refractivity contribution in [2.24, 2.45) is 11.3 Å². The van der Waals surface area contributed by atoms with Crippen LogP contribution >= 0.6 is 0 Å². The standard InChI is InChI=1S/C19H31N3O2/c1-5-17-6-14-7-18(9-17,11-19(24,8-14)10-17)15-20-13(2)21-22(15)12-16(3,4)23/h14,23-24H,5-12H2,1-4H3. The van der Waals surface area contributed by atoms with E-state index >= 15 is 0 Å². The Hall–Kier alpha value is -0.940. The maximum Gasteiger partial charge on any atom is 0.147 e. The Bertz CT molecular complexity index is 664. The fraction of sp³-hybridized carbons (Fsp3) is 0.895. The minimum Gasteiger partial charge on any atom is -0.390 e. The number of aromatic nitrogens is 3. The third-order valence-corrected chi connectivity index (χ3v) is 6.69. The predicted molar refractivity (Wildman–Crippen MR) is 91.6 cm³/mol. The van der Waals surface area contributed by atoms with E-state index in [-0.39, 0.29) is 10.8 Å². The normalized spacial score (nSPS) is 41.2. The highest BCUT2D eigenvalue weighted by Gasteiger charge is 2.64. The Morgan fingerprint density at radius 2 is 1.96 bits per heavy atom. The van der Waals surface area contributed by atoms with Gasteiger partial charge < -0.3 is 10.2 Å². The molecular weight excluding hydrogens is 302 g/mol. The van der Waals surface area contributed by atoms with Gasteiger partial charge in [0.15, 0.2) is 0 Å². The van der Waals surface area contributed by atoms with Crippen LogP contribution in [0.25, 0.3) is 0 Å². The summed E-state index contributed by atoms with van der Waals surface area (Å²) in [6.07, 6.45) is 7.32. The van der Waals surface area contributed by atoms with Gasteiger partial charge in [-0.05, 0) is 70.6 Å². The molecule has 5 nitrogen and oxygen atoms in total. The number of aryl methyl sites for hydroxylation is 1. The molecule has 1 aromatic heterocycles. The summed E-state index contributed by atoms with van der Waals surface area (Å²) in [6.45, 7) is 8.28. The minimum absolute atomic E-state index is 0.0727. The molecule has 134 valence electrons. The maximum absolute atomic E-state index is 11.2. The highest BCUT2D eigenvalue weighted by molar-refractivity contribution is 5.24. The quantitative estimate of drug-likeness (QED) is 0.889. The van der Waals surface area contributed by atoms with Gasteiger partial charge in [0, 0.05) is 5.41 Å². The molecule has 0 aliphatic heterocycles. The Morgan fingerprint density at radius 3 is 2.58 bits per heavy atom. The summed E-state index contributed by atoms with van der Waals surface area (Å²) < 4.78 is 1.93. The van der Waals surface area contributed by atoms with Crippen LogP contribution in [0.3, 0.4) is 0 Å². The summed E-state index contributed by atoms with van der Waals surface area (Å²) in [6, 6.07) is 0. The van der Waals surface area contributed by atoms with Crippen LogP contribution in [-0.4, -0.2) is 36.2 Å². The molecule has 0 amide bonds. The average Bonchev–Trinajstić information content (AvgIpc) is 2.75. The number of hydrogen-bond acceptors (Lipinski definition) is 4. The lowest BCUT2D eigenvalue weighted by atomic mass is 9.42. The van der Waals surface area contributed by atoms with Crippen LogP contribution in [0.1, 0.15) is 77.4 Å². The zero-order chi connectivity index (χ0) is 17.4. The second kappa shape index (κ2) is 4.82. The van der Waals surface area contributed by atoms with E-state index in [0.717, 1.165) is 50.2 Å². The molecular formula is C19H31N3O2. The smallest absolute Gasteiger partial charge is 0.147 e. The summed E-state index contributed by atoms with van der Waals surface area (Å²) in [5.41, 5.74) is -1.17. The fourth-order valence-corrected chi connectivity index (χ4v) is 6.55. The number of rotatable bonds is 4. The Kier molecular flexibility index (Phi) is 3.32. The lowest BCUT2D eigenvalue weighted by molar-refractivity contribution is -0.178. The molecule has 4 aliphatic rings. The van der Waals surface area contributed by atoms with E-state index in [1.807, 2.05) is 25.5 Å². The third kappa shape index (κ3) is 2.51. The summed E-state index contributed by atoms with van der Waals surface area (Å²) in [5, 5.41) is 26.1. The molecule has 1 heterocycles. The largest absolute Gasteiger partial charge is 0.390 e. The Morgan fingerprint density at radius 1 is 1.21 bits per heavy atom.